The smallest absolute Gasteiger partial charge is 0.243 e. The zero-order valence-corrected chi connectivity index (χ0v) is 20.2. The zero-order valence-electron chi connectivity index (χ0n) is 19.4. The van der Waals surface area contributed by atoms with Gasteiger partial charge in [-0.3, -0.25) is 20.0 Å². The third-order valence-corrected chi connectivity index (χ3v) is 7.72. The Kier molecular flexibility index (Phi) is 6.41. The molecule has 0 fully saturated rings. The Labute approximate surface area is 195 Å². The molecule has 33 heavy (non-hydrogen) atoms. The van der Waals surface area contributed by atoms with Crippen molar-refractivity contribution >= 4 is 10.0 Å². The molecule has 0 radical (unpaired) electrons. The molecule has 2 atom stereocenters. The Bertz CT molecular complexity index is 1300. The predicted octanol–water partition coefficient (Wildman–Crippen LogP) is 3.10. The van der Waals surface area contributed by atoms with Gasteiger partial charge in [0.2, 0.25) is 10.0 Å². The van der Waals surface area contributed by atoms with E-state index in [1.54, 1.807) is 44.0 Å². The third kappa shape index (κ3) is 5.02. The van der Waals surface area contributed by atoms with Crippen LogP contribution in [0.2, 0.25) is 0 Å². The van der Waals surface area contributed by atoms with Gasteiger partial charge in [0, 0.05) is 32.1 Å². The zero-order chi connectivity index (χ0) is 23.6. The van der Waals surface area contributed by atoms with E-state index < -0.39 is 15.7 Å². The number of pyridine rings is 2. The van der Waals surface area contributed by atoms with E-state index in [0.717, 1.165) is 21.8 Å². The summed E-state index contributed by atoms with van der Waals surface area (Å²) in [6.45, 7) is 6.15. The van der Waals surface area contributed by atoms with Crippen LogP contribution < -0.4 is 10.7 Å². The SMILES string of the molecule is CC(C)CC(c1cccnc1)N(C)S(=O)(=O)c1ccc(CC2(C)N=c3ccncc3=N2)cc1. The molecule has 3 aromatic rings. The van der Waals surface area contributed by atoms with E-state index in [4.69, 9.17) is 9.98 Å². The molecule has 4 rings (SSSR count). The molecule has 1 aliphatic heterocycles. The number of sulfonamides is 1. The lowest BCUT2D eigenvalue weighted by Crippen LogP contribution is -2.32. The van der Waals surface area contributed by atoms with Crippen LogP contribution in [0.25, 0.3) is 0 Å². The van der Waals surface area contributed by atoms with Gasteiger partial charge in [-0.2, -0.15) is 4.31 Å². The van der Waals surface area contributed by atoms with E-state index in [2.05, 4.69) is 23.8 Å². The first-order valence-corrected chi connectivity index (χ1v) is 12.5. The third-order valence-electron chi connectivity index (χ3n) is 5.84. The normalized spacial score (nSPS) is 18.6. The molecule has 0 spiro atoms. The predicted molar refractivity (Wildman–Crippen MR) is 126 cm³/mol. The summed E-state index contributed by atoms with van der Waals surface area (Å²) in [5.41, 5.74) is 1.24. The Morgan fingerprint density at radius 3 is 2.27 bits per heavy atom. The Morgan fingerprint density at radius 2 is 1.64 bits per heavy atom. The maximum absolute atomic E-state index is 13.5. The fourth-order valence-corrected chi connectivity index (χ4v) is 5.55. The number of hydrogen-bond acceptors (Lipinski definition) is 6. The van der Waals surface area contributed by atoms with E-state index in [0.29, 0.717) is 18.8 Å². The molecule has 0 bridgehead atoms. The number of nitrogens with zero attached hydrogens (tertiary/aromatic N) is 5. The fourth-order valence-electron chi connectivity index (χ4n) is 4.20. The molecule has 172 valence electrons. The Morgan fingerprint density at radius 1 is 0.939 bits per heavy atom. The lowest BCUT2D eigenvalue weighted by molar-refractivity contribution is 0.323. The highest BCUT2D eigenvalue weighted by molar-refractivity contribution is 7.89. The van der Waals surface area contributed by atoms with Crippen molar-refractivity contribution in [2.24, 2.45) is 15.9 Å². The highest BCUT2D eigenvalue weighted by atomic mass is 32.2. The van der Waals surface area contributed by atoms with Crippen LogP contribution in [-0.2, 0) is 16.4 Å². The molecular weight excluding hydrogens is 434 g/mol. The highest BCUT2D eigenvalue weighted by Crippen LogP contribution is 2.31. The van der Waals surface area contributed by atoms with Crippen molar-refractivity contribution in [1.82, 2.24) is 14.3 Å². The minimum Gasteiger partial charge on any atom is -0.264 e. The van der Waals surface area contributed by atoms with Crippen molar-refractivity contribution in [1.29, 1.82) is 0 Å². The van der Waals surface area contributed by atoms with E-state index >= 15 is 0 Å². The lowest BCUT2D eigenvalue weighted by Gasteiger charge is -2.29. The fraction of sp³-hybridized carbons (Fsp3) is 0.360. The van der Waals surface area contributed by atoms with Crippen LogP contribution in [0.4, 0.5) is 0 Å². The summed E-state index contributed by atoms with van der Waals surface area (Å²) in [5.74, 6) is 0.328. The first-order chi connectivity index (χ1) is 15.7. The van der Waals surface area contributed by atoms with Crippen molar-refractivity contribution < 1.29 is 8.42 Å². The summed E-state index contributed by atoms with van der Waals surface area (Å²) in [6, 6.07) is 12.4. The minimum atomic E-state index is -3.68. The molecule has 0 N–H and O–H groups in total. The minimum absolute atomic E-state index is 0.268. The number of aromatic nitrogens is 2. The molecule has 1 aromatic carbocycles. The summed E-state index contributed by atoms with van der Waals surface area (Å²) < 4.78 is 28.4. The molecule has 1 aliphatic rings. The lowest BCUT2D eigenvalue weighted by atomic mass is 9.98. The Balaban J connectivity index is 1.56. The second-order valence-corrected chi connectivity index (χ2v) is 11.1. The van der Waals surface area contributed by atoms with Crippen LogP contribution in [-0.4, -0.2) is 35.4 Å². The van der Waals surface area contributed by atoms with Gasteiger partial charge in [0.15, 0.2) is 5.66 Å². The number of benzene rings is 1. The summed E-state index contributed by atoms with van der Waals surface area (Å²) >= 11 is 0. The molecule has 0 saturated carbocycles. The average Bonchev–Trinajstić information content (AvgIpc) is 3.13. The van der Waals surface area contributed by atoms with Gasteiger partial charge in [0.05, 0.1) is 22.5 Å². The van der Waals surface area contributed by atoms with Gasteiger partial charge in [0.1, 0.15) is 5.36 Å². The summed E-state index contributed by atoms with van der Waals surface area (Å²) in [6.07, 6.45) is 8.13. The van der Waals surface area contributed by atoms with Crippen LogP contribution in [0.3, 0.4) is 0 Å². The molecule has 0 aliphatic carbocycles. The van der Waals surface area contributed by atoms with Gasteiger partial charge in [-0.05, 0) is 54.7 Å². The molecule has 2 aromatic heterocycles. The van der Waals surface area contributed by atoms with Gasteiger partial charge in [-0.25, -0.2) is 8.42 Å². The van der Waals surface area contributed by atoms with Crippen molar-refractivity contribution in [3.63, 3.8) is 0 Å². The first kappa shape index (κ1) is 23.2. The van der Waals surface area contributed by atoms with E-state index in [1.807, 2.05) is 37.3 Å². The van der Waals surface area contributed by atoms with Crippen LogP contribution in [0, 0.1) is 5.92 Å². The topological polar surface area (TPSA) is 87.9 Å². The van der Waals surface area contributed by atoms with Gasteiger partial charge in [-0.15, -0.1) is 0 Å². The largest absolute Gasteiger partial charge is 0.264 e. The quantitative estimate of drug-likeness (QED) is 0.514. The molecule has 0 amide bonds. The highest BCUT2D eigenvalue weighted by Gasteiger charge is 2.30. The van der Waals surface area contributed by atoms with E-state index in [1.165, 1.54) is 4.31 Å². The van der Waals surface area contributed by atoms with Gasteiger partial charge in [0.25, 0.3) is 0 Å². The second-order valence-electron chi connectivity index (χ2n) is 9.08. The second kappa shape index (κ2) is 9.11. The summed E-state index contributed by atoms with van der Waals surface area (Å²) in [7, 11) is -2.04. The average molecular weight is 464 g/mol. The number of hydrogen-bond donors (Lipinski definition) is 0. The maximum Gasteiger partial charge on any atom is 0.243 e. The van der Waals surface area contributed by atoms with Crippen LogP contribution in [0.1, 0.15) is 44.4 Å². The summed E-state index contributed by atoms with van der Waals surface area (Å²) in [5, 5.41) is 1.62. The van der Waals surface area contributed by atoms with Gasteiger partial charge < -0.3 is 0 Å². The van der Waals surface area contributed by atoms with Crippen LogP contribution in [0.15, 0.2) is 82.1 Å². The van der Waals surface area contributed by atoms with Gasteiger partial charge in [-0.1, -0.05) is 32.0 Å². The van der Waals surface area contributed by atoms with E-state index in [-0.39, 0.29) is 10.9 Å². The molecular formula is C25H29N5O2S. The van der Waals surface area contributed by atoms with Crippen molar-refractivity contribution in [2.45, 2.75) is 50.2 Å². The molecule has 7 nitrogen and oxygen atoms in total. The first-order valence-electron chi connectivity index (χ1n) is 11.0. The monoisotopic (exact) mass is 463 g/mol. The van der Waals surface area contributed by atoms with Crippen molar-refractivity contribution in [3.8, 4) is 0 Å². The number of fused-ring (bicyclic) bond motifs is 1. The molecule has 2 unspecified atom stereocenters. The maximum atomic E-state index is 13.5. The summed E-state index contributed by atoms with van der Waals surface area (Å²) in [4.78, 5) is 18.0. The number of rotatable bonds is 8. The van der Waals surface area contributed by atoms with Crippen LogP contribution >= 0.6 is 0 Å². The van der Waals surface area contributed by atoms with Crippen LogP contribution in [0.5, 0.6) is 0 Å². The van der Waals surface area contributed by atoms with E-state index in [9.17, 15) is 8.42 Å². The molecule has 0 saturated heterocycles. The Hall–Kier alpha value is -2.97. The standard InChI is InChI=1S/C25H29N5O2S/c1-18(2)14-24(20-6-5-12-26-16-20)30(4)33(31,32)21-9-7-19(8-10-21)15-25(3)28-22-11-13-27-17-23(22)29-25/h5-13,16-18,24H,14-15H2,1-4H3. The molecule has 3 heterocycles. The van der Waals surface area contributed by atoms with Gasteiger partial charge >= 0.3 is 0 Å². The van der Waals surface area contributed by atoms with Crippen molar-refractivity contribution in [2.75, 3.05) is 7.05 Å². The molecule has 8 heteroatoms. The van der Waals surface area contributed by atoms with Crippen molar-refractivity contribution in [3.05, 3.63) is 89.1 Å².